The van der Waals surface area contributed by atoms with E-state index in [4.69, 9.17) is 16.2 Å². The number of nitrogens with one attached hydrogen (secondary N) is 1. The predicted molar refractivity (Wildman–Crippen MR) is 46.7 cm³/mol. The molecule has 1 aliphatic rings. The molecular formula is C7H5N3O5. The van der Waals surface area contributed by atoms with Gasteiger partial charge in [0.25, 0.3) is 0 Å². The molecule has 0 fully saturated rings. The van der Waals surface area contributed by atoms with Gasteiger partial charge in [0.05, 0.1) is 4.92 Å². The molecule has 1 rings (SSSR count). The molecule has 0 aromatic heterocycles. The highest BCUT2D eigenvalue weighted by Gasteiger charge is 2.40. The molecule has 0 aromatic rings. The van der Waals surface area contributed by atoms with Gasteiger partial charge in [0, 0.05) is 0 Å². The third kappa shape index (κ3) is 1.34. The summed E-state index contributed by atoms with van der Waals surface area (Å²) in [7, 11) is 0. The lowest BCUT2D eigenvalue weighted by atomic mass is 10.1. The second-order valence-corrected chi connectivity index (χ2v) is 2.55. The van der Waals surface area contributed by atoms with Crippen molar-refractivity contribution in [3.63, 3.8) is 0 Å². The third-order valence-corrected chi connectivity index (χ3v) is 1.76. The van der Waals surface area contributed by atoms with Gasteiger partial charge in [0.15, 0.2) is 17.0 Å². The molecule has 0 radical (unpaired) electrons. The molecule has 5 N–H and O–H groups in total. The van der Waals surface area contributed by atoms with Gasteiger partial charge in [-0.1, -0.05) is 0 Å². The van der Waals surface area contributed by atoms with Gasteiger partial charge in [0.2, 0.25) is 0 Å². The fourth-order valence-electron chi connectivity index (χ4n) is 1.14. The first-order valence-electron chi connectivity index (χ1n) is 3.53. The zero-order valence-electron chi connectivity index (χ0n) is 7.14. The zero-order chi connectivity index (χ0) is 11.7. The molecule has 8 heteroatoms. The van der Waals surface area contributed by atoms with Crippen LogP contribution in [0.1, 0.15) is 0 Å². The van der Waals surface area contributed by atoms with Gasteiger partial charge < -0.3 is 15.9 Å². The smallest absolute Gasteiger partial charge is 0.344 e. The van der Waals surface area contributed by atoms with E-state index < -0.39 is 39.2 Å². The van der Waals surface area contributed by atoms with Crippen LogP contribution >= 0.6 is 0 Å². The van der Waals surface area contributed by atoms with Gasteiger partial charge in [-0.25, -0.2) is 4.79 Å². The maximum Gasteiger partial charge on any atom is 0.344 e. The number of carboxylic acid groups (broad SMARTS) is 1. The monoisotopic (exact) mass is 211 g/mol. The number of carboxylic acids is 1. The lowest BCUT2D eigenvalue weighted by Gasteiger charge is -1.94. The Morgan fingerprint density at radius 1 is 1.60 bits per heavy atom. The van der Waals surface area contributed by atoms with Crippen molar-refractivity contribution in [2.45, 2.75) is 0 Å². The molecule has 15 heavy (non-hydrogen) atoms. The van der Waals surface area contributed by atoms with Crippen LogP contribution in [-0.4, -0.2) is 27.0 Å². The van der Waals surface area contributed by atoms with Crippen molar-refractivity contribution in [1.29, 1.82) is 5.41 Å². The lowest BCUT2D eigenvalue weighted by molar-refractivity contribution is -0.421. The van der Waals surface area contributed by atoms with Gasteiger partial charge >= 0.3 is 11.7 Å². The number of rotatable bonds is 2. The van der Waals surface area contributed by atoms with E-state index in [1.54, 1.807) is 5.87 Å². The van der Waals surface area contributed by atoms with E-state index in [2.05, 4.69) is 0 Å². The van der Waals surface area contributed by atoms with E-state index in [9.17, 15) is 20.0 Å². The first kappa shape index (κ1) is 10.5. The molecule has 0 aromatic carbocycles. The minimum Gasteiger partial charge on any atom is -0.504 e. The summed E-state index contributed by atoms with van der Waals surface area (Å²) in [6.07, 6.45) is 0. The fraction of sp³-hybridized carbons (Fsp3) is 0. The van der Waals surface area contributed by atoms with E-state index in [1.165, 1.54) is 0 Å². The summed E-state index contributed by atoms with van der Waals surface area (Å²) in [5, 5.41) is 35.1. The Bertz CT molecular complexity index is 481. The van der Waals surface area contributed by atoms with Crippen LogP contribution < -0.4 is 5.73 Å². The van der Waals surface area contributed by atoms with E-state index in [0.717, 1.165) is 0 Å². The van der Waals surface area contributed by atoms with E-state index >= 15 is 0 Å². The van der Waals surface area contributed by atoms with Gasteiger partial charge in [-0.05, 0) is 5.87 Å². The summed E-state index contributed by atoms with van der Waals surface area (Å²) in [6.45, 7) is 0. The summed E-state index contributed by atoms with van der Waals surface area (Å²) >= 11 is 0. The molecule has 78 valence electrons. The predicted octanol–water partition coefficient (Wildman–Crippen LogP) is -0.481. The summed E-state index contributed by atoms with van der Waals surface area (Å²) in [5.41, 5.74) is 2.13. The molecule has 0 saturated heterocycles. The van der Waals surface area contributed by atoms with E-state index in [1.807, 2.05) is 0 Å². The van der Waals surface area contributed by atoms with E-state index in [0.29, 0.717) is 0 Å². The number of aliphatic carboxylic acids is 1. The molecule has 0 unspecified atom stereocenters. The van der Waals surface area contributed by atoms with Gasteiger partial charge in [0.1, 0.15) is 5.57 Å². The summed E-state index contributed by atoms with van der Waals surface area (Å²) in [6, 6.07) is 0. The second kappa shape index (κ2) is 3.28. The van der Waals surface area contributed by atoms with Gasteiger partial charge in [-0.3, -0.25) is 15.5 Å². The topological polar surface area (TPSA) is 151 Å². The number of nitrogens with two attached hydrogens (primary N) is 1. The number of aliphatic hydroxyl groups excluding tert-OH is 1. The quantitative estimate of drug-likeness (QED) is 0.275. The Morgan fingerprint density at radius 3 is 2.47 bits per heavy atom. The standard InChI is InChI=1S/C7H5N3O5/c8-1-2-3(7(12)13)5(10(14)15)4(9)6(2)11/h8,11H,9H2,(H,12,13). The summed E-state index contributed by atoms with van der Waals surface area (Å²) < 4.78 is 0. The first-order chi connectivity index (χ1) is 6.91. The molecule has 0 spiro atoms. The van der Waals surface area contributed by atoms with Gasteiger partial charge in [-0.15, -0.1) is 0 Å². The molecule has 0 atom stereocenters. The highest BCUT2D eigenvalue weighted by molar-refractivity contribution is 6.00. The van der Waals surface area contributed by atoms with Crippen LogP contribution in [0.15, 0.2) is 28.3 Å². The molecule has 0 bridgehead atoms. The van der Waals surface area contributed by atoms with Crippen LogP contribution in [0.25, 0.3) is 0 Å². The van der Waals surface area contributed by atoms with Crippen molar-refractivity contribution < 1.29 is 19.9 Å². The minimum absolute atomic E-state index is 0.591. The highest BCUT2D eigenvalue weighted by Crippen LogP contribution is 2.31. The fourth-order valence-corrected chi connectivity index (χ4v) is 1.14. The van der Waals surface area contributed by atoms with Crippen molar-refractivity contribution >= 4 is 11.8 Å². The highest BCUT2D eigenvalue weighted by atomic mass is 16.6. The molecule has 0 aliphatic heterocycles. The van der Waals surface area contributed by atoms with Crippen molar-refractivity contribution in [2.24, 2.45) is 5.73 Å². The Morgan fingerprint density at radius 2 is 2.13 bits per heavy atom. The number of hydrogen-bond acceptors (Lipinski definition) is 6. The van der Waals surface area contributed by atoms with Crippen LogP contribution in [0.4, 0.5) is 0 Å². The van der Waals surface area contributed by atoms with Crippen molar-refractivity contribution in [3.8, 4) is 0 Å². The maximum absolute atomic E-state index is 10.7. The maximum atomic E-state index is 10.7. The SMILES string of the molecule is N=C=C1C(O)=C(N)C([N+](=O)[O-])=C1C(=O)O. The van der Waals surface area contributed by atoms with Crippen LogP contribution in [-0.2, 0) is 4.79 Å². The average Bonchev–Trinajstić information content (AvgIpc) is 2.39. The van der Waals surface area contributed by atoms with Crippen LogP contribution in [0.2, 0.25) is 0 Å². The van der Waals surface area contributed by atoms with Crippen LogP contribution in [0, 0.1) is 15.5 Å². The second-order valence-electron chi connectivity index (χ2n) is 2.55. The number of aliphatic hydroxyl groups is 1. The molecular weight excluding hydrogens is 206 g/mol. The summed E-state index contributed by atoms with van der Waals surface area (Å²) in [5.74, 6) is -0.865. The zero-order valence-corrected chi connectivity index (χ0v) is 7.14. The van der Waals surface area contributed by atoms with Crippen molar-refractivity contribution in [1.82, 2.24) is 0 Å². The molecule has 1 aliphatic carbocycles. The number of allylic oxidation sites excluding steroid dienone is 1. The average molecular weight is 211 g/mol. The Hall–Kier alpha value is -2.60. The Balaban J connectivity index is 3.61. The molecule has 0 heterocycles. The third-order valence-electron chi connectivity index (χ3n) is 1.76. The van der Waals surface area contributed by atoms with Gasteiger partial charge in [-0.2, -0.15) is 0 Å². The number of nitrogens with zero attached hydrogens (tertiary/aromatic N) is 1. The Labute approximate surface area is 82.3 Å². The van der Waals surface area contributed by atoms with Crippen molar-refractivity contribution in [2.75, 3.05) is 0 Å². The van der Waals surface area contributed by atoms with E-state index in [-0.39, 0.29) is 0 Å². The lowest BCUT2D eigenvalue weighted by Crippen LogP contribution is -2.12. The summed E-state index contributed by atoms with van der Waals surface area (Å²) in [4.78, 5) is 20.1. The Kier molecular flexibility index (Phi) is 2.29. The molecule has 0 amide bonds. The molecule has 0 saturated carbocycles. The number of nitro groups is 1. The van der Waals surface area contributed by atoms with Crippen molar-refractivity contribution in [3.05, 3.63) is 38.4 Å². The normalized spacial score (nSPS) is 15.6. The number of hydrogen-bond donors (Lipinski definition) is 4. The van der Waals surface area contributed by atoms with Crippen LogP contribution in [0.5, 0.6) is 0 Å². The van der Waals surface area contributed by atoms with Crippen LogP contribution in [0.3, 0.4) is 0 Å². The minimum atomic E-state index is -1.65. The first-order valence-corrected chi connectivity index (χ1v) is 3.53. The largest absolute Gasteiger partial charge is 0.504 e. The molecule has 8 nitrogen and oxygen atoms in total. The number of carbonyl (C=O) groups is 1.